The Hall–Kier alpha value is -1.61. The van der Waals surface area contributed by atoms with Crippen molar-refractivity contribution >= 4 is 11.0 Å². The lowest BCUT2D eigenvalue weighted by Crippen LogP contribution is -2.09. The van der Waals surface area contributed by atoms with Crippen molar-refractivity contribution in [3.05, 3.63) is 42.2 Å². The van der Waals surface area contributed by atoms with Crippen molar-refractivity contribution in [3.8, 4) is 0 Å². The molecule has 1 aromatic heterocycles. The second-order valence-electron chi connectivity index (χ2n) is 4.81. The van der Waals surface area contributed by atoms with Gasteiger partial charge in [0, 0.05) is 6.54 Å². The second kappa shape index (κ2) is 5.36. The van der Waals surface area contributed by atoms with E-state index in [2.05, 4.69) is 23.1 Å². The molecule has 0 aliphatic heterocycles. The molecule has 0 aliphatic carbocycles. The Kier molecular flexibility index (Phi) is 3.82. The highest BCUT2D eigenvalue weighted by Gasteiger charge is 2.17. The number of hydrogen-bond donors (Lipinski definition) is 1. The Labute approximate surface area is 108 Å². The number of rotatable bonds is 5. The Morgan fingerprint density at radius 3 is 2.83 bits per heavy atom. The first kappa shape index (κ1) is 12.8. The fraction of sp³-hybridized carbons (Fsp3) is 0.400. The van der Waals surface area contributed by atoms with E-state index in [4.69, 9.17) is 0 Å². The van der Waals surface area contributed by atoms with E-state index in [9.17, 15) is 5.11 Å². The van der Waals surface area contributed by atoms with Gasteiger partial charge in [0.2, 0.25) is 0 Å². The van der Waals surface area contributed by atoms with Gasteiger partial charge in [-0.15, -0.1) is 0 Å². The molecular weight excluding hydrogens is 224 g/mol. The van der Waals surface area contributed by atoms with Crippen molar-refractivity contribution in [3.63, 3.8) is 0 Å². The summed E-state index contributed by atoms with van der Waals surface area (Å²) in [6.45, 7) is 8.71. The molecule has 1 N–H and O–H groups in total. The van der Waals surface area contributed by atoms with Crippen molar-refractivity contribution in [1.29, 1.82) is 0 Å². The van der Waals surface area contributed by atoms with E-state index in [1.165, 1.54) is 0 Å². The summed E-state index contributed by atoms with van der Waals surface area (Å²) in [5.41, 5.74) is 3.05. The maximum Gasteiger partial charge on any atom is 0.139 e. The molecule has 3 heteroatoms. The summed E-state index contributed by atoms with van der Waals surface area (Å²) in [6.07, 6.45) is 1.18. The van der Waals surface area contributed by atoms with Crippen LogP contribution in [0, 0.1) is 0 Å². The maximum absolute atomic E-state index is 10.2. The number of nitrogens with zero attached hydrogens (tertiary/aromatic N) is 2. The molecule has 0 bridgehead atoms. The molecular formula is C15H20N2O. The van der Waals surface area contributed by atoms with Gasteiger partial charge in [-0.25, -0.2) is 4.98 Å². The summed E-state index contributed by atoms with van der Waals surface area (Å²) in [4.78, 5) is 4.56. The first-order valence-electron chi connectivity index (χ1n) is 6.41. The molecule has 1 atom stereocenters. The van der Waals surface area contributed by atoms with E-state index in [-0.39, 0.29) is 0 Å². The van der Waals surface area contributed by atoms with Gasteiger partial charge in [0.1, 0.15) is 11.9 Å². The summed E-state index contributed by atoms with van der Waals surface area (Å²) in [7, 11) is 0. The van der Waals surface area contributed by atoms with E-state index in [1.54, 1.807) is 0 Å². The van der Waals surface area contributed by atoms with Gasteiger partial charge in [-0.1, -0.05) is 37.6 Å². The summed E-state index contributed by atoms with van der Waals surface area (Å²) in [5, 5.41) is 10.2. The molecule has 0 saturated heterocycles. The molecule has 96 valence electrons. The van der Waals surface area contributed by atoms with Crippen LogP contribution in [-0.4, -0.2) is 14.7 Å². The normalized spacial score (nSPS) is 12.8. The number of aliphatic hydroxyl groups excluding tert-OH is 1. The van der Waals surface area contributed by atoms with Crippen LogP contribution >= 0.6 is 0 Å². The molecule has 2 aromatic rings. The zero-order valence-electron chi connectivity index (χ0n) is 11.1. The topological polar surface area (TPSA) is 38.0 Å². The van der Waals surface area contributed by atoms with Crippen LogP contribution in [0.4, 0.5) is 0 Å². The number of fused-ring (bicyclic) bond motifs is 1. The highest BCUT2D eigenvalue weighted by atomic mass is 16.3. The van der Waals surface area contributed by atoms with Crippen molar-refractivity contribution in [1.82, 2.24) is 9.55 Å². The fourth-order valence-electron chi connectivity index (χ4n) is 2.19. The van der Waals surface area contributed by atoms with Gasteiger partial charge >= 0.3 is 0 Å². The van der Waals surface area contributed by atoms with Crippen LogP contribution in [0.2, 0.25) is 0 Å². The Bertz CT molecular complexity index is 557. The SMILES string of the molecule is C=C(C)Cn1c(C(O)CCC)nc2ccccc21. The Morgan fingerprint density at radius 2 is 2.17 bits per heavy atom. The lowest BCUT2D eigenvalue weighted by Gasteiger charge is -2.13. The van der Waals surface area contributed by atoms with Gasteiger partial charge in [0.05, 0.1) is 11.0 Å². The molecule has 1 heterocycles. The zero-order chi connectivity index (χ0) is 13.1. The fourth-order valence-corrected chi connectivity index (χ4v) is 2.19. The first-order valence-corrected chi connectivity index (χ1v) is 6.41. The number of imidazole rings is 1. The number of aliphatic hydroxyl groups is 1. The number of allylic oxidation sites excluding steroid dienone is 1. The van der Waals surface area contributed by atoms with Gasteiger partial charge in [0.25, 0.3) is 0 Å². The quantitative estimate of drug-likeness (QED) is 0.818. The van der Waals surface area contributed by atoms with E-state index in [0.717, 1.165) is 35.3 Å². The molecule has 2 rings (SSSR count). The van der Waals surface area contributed by atoms with Crippen molar-refractivity contribution < 1.29 is 5.11 Å². The summed E-state index contributed by atoms with van der Waals surface area (Å²) in [5.74, 6) is 0.751. The minimum atomic E-state index is -0.498. The van der Waals surface area contributed by atoms with Crippen LogP contribution < -0.4 is 0 Å². The molecule has 0 amide bonds. The third-order valence-corrected chi connectivity index (χ3v) is 2.97. The highest BCUT2D eigenvalue weighted by Crippen LogP contribution is 2.24. The van der Waals surface area contributed by atoms with Crippen LogP contribution in [0.1, 0.15) is 38.6 Å². The van der Waals surface area contributed by atoms with Gasteiger partial charge in [-0.2, -0.15) is 0 Å². The molecule has 1 unspecified atom stereocenters. The van der Waals surface area contributed by atoms with Crippen LogP contribution in [0.3, 0.4) is 0 Å². The average Bonchev–Trinajstić information content (AvgIpc) is 2.68. The molecule has 0 aliphatic rings. The van der Waals surface area contributed by atoms with Crippen LogP contribution in [0.25, 0.3) is 11.0 Å². The first-order chi connectivity index (χ1) is 8.63. The van der Waals surface area contributed by atoms with E-state index >= 15 is 0 Å². The van der Waals surface area contributed by atoms with E-state index in [0.29, 0.717) is 6.54 Å². The zero-order valence-corrected chi connectivity index (χ0v) is 11.1. The van der Waals surface area contributed by atoms with E-state index in [1.807, 2.05) is 31.2 Å². The molecule has 0 fully saturated rings. The maximum atomic E-state index is 10.2. The van der Waals surface area contributed by atoms with Crippen LogP contribution in [0.15, 0.2) is 36.4 Å². The lowest BCUT2D eigenvalue weighted by molar-refractivity contribution is 0.153. The minimum Gasteiger partial charge on any atom is -0.385 e. The van der Waals surface area contributed by atoms with Gasteiger partial charge in [0.15, 0.2) is 0 Å². The number of benzene rings is 1. The van der Waals surface area contributed by atoms with Gasteiger partial charge in [-0.3, -0.25) is 0 Å². The Balaban J connectivity index is 2.52. The second-order valence-corrected chi connectivity index (χ2v) is 4.81. The molecule has 1 aromatic carbocycles. The van der Waals surface area contributed by atoms with Crippen LogP contribution in [-0.2, 0) is 6.54 Å². The third-order valence-electron chi connectivity index (χ3n) is 2.97. The lowest BCUT2D eigenvalue weighted by atomic mass is 10.2. The minimum absolute atomic E-state index is 0.498. The van der Waals surface area contributed by atoms with E-state index < -0.39 is 6.10 Å². The largest absolute Gasteiger partial charge is 0.385 e. The number of para-hydroxylation sites is 2. The number of hydrogen-bond acceptors (Lipinski definition) is 2. The summed E-state index contributed by atoms with van der Waals surface area (Å²) < 4.78 is 2.07. The standard InChI is InChI=1S/C15H20N2O/c1-4-7-14(18)15-16-12-8-5-6-9-13(12)17(15)10-11(2)3/h5-6,8-9,14,18H,2,4,7,10H2,1,3H3. The van der Waals surface area contributed by atoms with Crippen molar-refractivity contribution in [2.24, 2.45) is 0 Å². The molecule has 0 radical (unpaired) electrons. The average molecular weight is 244 g/mol. The number of aromatic nitrogens is 2. The highest BCUT2D eigenvalue weighted by molar-refractivity contribution is 5.76. The van der Waals surface area contributed by atoms with Crippen molar-refractivity contribution in [2.75, 3.05) is 0 Å². The monoisotopic (exact) mass is 244 g/mol. The molecule has 3 nitrogen and oxygen atoms in total. The van der Waals surface area contributed by atoms with Gasteiger partial charge in [-0.05, 0) is 25.5 Å². The predicted molar refractivity (Wildman–Crippen MR) is 74.4 cm³/mol. The molecule has 18 heavy (non-hydrogen) atoms. The summed E-state index contributed by atoms with van der Waals surface area (Å²) in [6, 6.07) is 7.98. The Morgan fingerprint density at radius 1 is 1.44 bits per heavy atom. The predicted octanol–water partition coefficient (Wildman–Crippen LogP) is 3.45. The summed E-state index contributed by atoms with van der Waals surface area (Å²) >= 11 is 0. The van der Waals surface area contributed by atoms with Gasteiger partial charge < -0.3 is 9.67 Å². The van der Waals surface area contributed by atoms with Crippen molar-refractivity contribution in [2.45, 2.75) is 39.3 Å². The molecule has 0 saturated carbocycles. The smallest absolute Gasteiger partial charge is 0.139 e. The molecule has 0 spiro atoms. The third kappa shape index (κ3) is 2.46. The van der Waals surface area contributed by atoms with Crippen LogP contribution in [0.5, 0.6) is 0 Å².